The van der Waals surface area contributed by atoms with Gasteiger partial charge in [-0.2, -0.15) is 0 Å². The fourth-order valence-electron chi connectivity index (χ4n) is 2.65. The lowest BCUT2D eigenvalue weighted by molar-refractivity contribution is -0.115. The van der Waals surface area contributed by atoms with Gasteiger partial charge in [0.2, 0.25) is 11.9 Å². The molecule has 1 heterocycles. The summed E-state index contributed by atoms with van der Waals surface area (Å²) in [5.41, 5.74) is 1.16. The number of nitrogens with one attached hydrogen (secondary N) is 2. The van der Waals surface area contributed by atoms with Gasteiger partial charge in [-0.25, -0.2) is 9.37 Å². The summed E-state index contributed by atoms with van der Waals surface area (Å²) < 4.78 is 15.6. The van der Waals surface area contributed by atoms with Gasteiger partial charge < -0.3 is 9.88 Å². The number of hydrogen-bond donors (Lipinski definition) is 2. The van der Waals surface area contributed by atoms with Gasteiger partial charge in [-0.15, -0.1) is 0 Å². The third-order valence-corrected chi connectivity index (χ3v) is 4.43. The van der Waals surface area contributed by atoms with Crippen LogP contribution in [0, 0.1) is 5.82 Å². The van der Waals surface area contributed by atoms with Crippen LogP contribution >= 0.6 is 23.2 Å². The van der Waals surface area contributed by atoms with Crippen LogP contribution in [0.15, 0.2) is 36.4 Å². The number of aryl methyl sites for hydroxylation is 1. The maximum absolute atomic E-state index is 13.8. The molecule has 140 valence electrons. The number of hydrogen-bond acceptors (Lipinski definition) is 3. The molecule has 3 rings (SSSR count). The zero-order valence-corrected chi connectivity index (χ0v) is 15.7. The number of halogens is 3. The normalized spacial score (nSPS) is 10.8. The molecule has 9 heteroatoms. The maximum atomic E-state index is 13.8. The van der Waals surface area contributed by atoms with Crippen LogP contribution in [0.1, 0.15) is 17.3 Å². The van der Waals surface area contributed by atoms with Crippen molar-refractivity contribution in [3.05, 3.63) is 57.8 Å². The third-order valence-electron chi connectivity index (χ3n) is 3.88. The first-order valence-electron chi connectivity index (χ1n) is 8.08. The standard InChI is InChI=1S/C18H15Cl2FN4O2/c1-2-25-14-7-6-10(19)8-13(14)23-18(25)24-15(26)9-22-17(27)16-11(20)4-3-5-12(16)21/h3-8H,2,9H2,1H3,(H,22,27)(H,23,24,26). The summed E-state index contributed by atoms with van der Waals surface area (Å²) in [6.07, 6.45) is 0. The van der Waals surface area contributed by atoms with Gasteiger partial charge in [0.25, 0.3) is 5.91 Å². The Morgan fingerprint density at radius 1 is 1.22 bits per heavy atom. The van der Waals surface area contributed by atoms with E-state index in [2.05, 4.69) is 15.6 Å². The Hall–Kier alpha value is -2.64. The van der Waals surface area contributed by atoms with Crippen LogP contribution in [-0.4, -0.2) is 27.9 Å². The number of carbonyl (C=O) groups excluding carboxylic acids is 2. The molecule has 0 spiro atoms. The molecule has 0 aliphatic heterocycles. The number of anilines is 1. The quantitative estimate of drug-likeness (QED) is 0.672. The molecule has 0 radical (unpaired) electrons. The number of carbonyl (C=O) groups is 2. The van der Waals surface area contributed by atoms with E-state index in [0.717, 1.165) is 11.6 Å². The van der Waals surface area contributed by atoms with Crippen molar-refractivity contribution in [2.75, 3.05) is 11.9 Å². The summed E-state index contributed by atoms with van der Waals surface area (Å²) in [5.74, 6) is -1.71. The monoisotopic (exact) mass is 408 g/mol. The number of aromatic nitrogens is 2. The smallest absolute Gasteiger partial charge is 0.256 e. The van der Waals surface area contributed by atoms with Crippen LogP contribution in [0.3, 0.4) is 0 Å². The molecule has 0 aliphatic rings. The molecule has 2 aromatic carbocycles. The fourth-order valence-corrected chi connectivity index (χ4v) is 3.07. The summed E-state index contributed by atoms with van der Waals surface area (Å²) in [7, 11) is 0. The molecule has 3 aromatic rings. The van der Waals surface area contributed by atoms with Crippen LogP contribution in [0.2, 0.25) is 10.0 Å². The van der Waals surface area contributed by atoms with Crippen molar-refractivity contribution in [1.82, 2.24) is 14.9 Å². The van der Waals surface area contributed by atoms with Crippen molar-refractivity contribution >= 4 is 52.0 Å². The Balaban J connectivity index is 1.71. The summed E-state index contributed by atoms with van der Waals surface area (Å²) >= 11 is 11.8. The average molecular weight is 409 g/mol. The van der Waals surface area contributed by atoms with Crippen molar-refractivity contribution in [2.45, 2.75) is 13.5 Å². The van der Waals surface area contributed by atoms with Crippen molar-refractivity contribution in [3.63, 3.8) is 0 Å². The minimum atomic E-state index is -0.774. The van der Waals surface area contributed by atoms with Crippen LogP contribution in [0.4, 0.5) is 10.3 Å². The van der Waals surface area contributed by atoms with Gasteiger partial charge in [0.1, 0.15) is 5.82 Å². The zero-order chi connectivity index (χ0) is 19.6. The predicted molar refractivity (Wildman–Crippen MR) is 103 cm³/mol. The lowest BCUT2D eigenvalue weighted by Crippen LogP contribution is -2.34. The zero-order valence-electron chi connectivity index (χ0n) is 14.2. The van der Waals surface area contributed by atoms with E-state index in [1.807, 2.05) is 13.0 Å². The lowest BCUT2D eigenvalue weighted by Gasteiger charge is -2.09. The molecule has 0 saturated carbocycles. The molecule has 0 aliphatic carbocycles. The number of imidazole rings is 1. The predicted octanol–water partition coefficient (Wildman–Crippen LogP) is 3.87. The second-order valence-corrected chi connectivity index (χ2v) is 6.48. The SMILES string of the molecule is CCn1c(NC(=O)CNC(=O)c2c(F)cccc2Cl)nc2cc(Cl)ccc21. The number of nitrogens with zero attached hydrogens (tertiary/aromatic N) is 2. The van der Waals surface area contributed by atoms with Gasteiger partial charge in [-0.1, -0.05) is 29.3 Å². The molecular weight excluding hydrogens is 394 g/mol. The molecule has 0 fully saturated rings. The molecular formula is C18H15Cl2FN4O2. The minimum Gasteiger partial charge on any atom is -0.343 e. The van der Waals surface area contributed by atoms with E-state index < -0.39 is 17.6 Å². The highest BCUT2D eigenvalue weighted by Gasteiger charge is 2.17. The van der Waals surface area contributed by atoms with E-state index in [1.165, 1.54) is 12.1 Å². The summed E-state index contributed by atoms with van der Waals surface area (Å²) in [6, 6.07) is 9.15. The van der Waals surface area contributed by atoms with E-state index in [1.54, 1.807) is 16.7 Å². The summed E-state index contributed by atoms with van der Waals surface area (Å²) in [5, 5.41) is 5.49. The molecule has 6 nitrogen and oxygen atoms in total. The Labute approximate surface area is 164 Å². The van der Waals surface area contributed by atoms with Crippen molar-refractivity contribution in [1.29, 1.82) is 0 Å². The molecule has 2 amide bonds. The van der Waals surface area contributed by atoms with E-state index in [4.69, 9.17) is 23.2 Å². The maximum Gasteiger partial charge on any atom is 0.256 e. The van der Waals surface area contributed by atoms with Crippen LogP contribution in [-0.2, 0) is 11.3 Å². The van der Waals surface area contributed by atoms with Crippen molar-refractivity contribution in [3.8, 4) is 0 Å². The Morgan fingerprint density at radius 2 is 2.00 bits per heavy atom. The number of benzene rings is 2. The molecule has 1 aromatic heterocycles. The van der Waals surface area contributed by atoms with Crippen molar-refractivity contribution < 1.29 is 14.0 Å². The molecule has 2 N–H and O–H groups in total. The third kappa shape index (κ3) is 4.04. The number of amides is 2. The van der Waals surface area contributed by atoms with E-state index >= 15 is 0 Å². The second kappa shape index (κ2) is 7.94. The van der Waals surface area contributed by atoms with Crippen LogP contribution in [0.5, 0.6) is 0 Å². The van der Waals surface area contributed by atoms with Gasteiger partial charge in [0.05, 0.1) is 28.2 Å². The van der Waals surface area contributed by atoms with Gasteiger partial charge in [0, 0.05) is 11.6 Å². The van der Waals surface area contributed by atoms with E-state index in [0.29, 0.717) is 23.0 Å². The summed E-state index contributed by atoms with van der Waals surface area (Å²) in [6.45, 7) is 2.12. The minimum absolute atomic E-state index is 0.0300. The molecule has 0 saturated heterocycles. The number of rotatable bonds is 5. The lowest BCUT2D eigenvalue weighted by atomic mass is 10.2. The first-order valence-corrected chi connectivity index (χ1v) is 8.84. The summed E-state index contributed by atoms with van der Waals surface area (Å²) in [4.78, 5) is 28.6. The highest BCUT2D eigenvalue weighted by molar-refractivity contribution is 6.34. The molecule has 0 unspecified atom stereocenters. The van der Waals surface area contributed by atoms with Crippen molar-refractivity contribution in [2.24, 2.45) is 0 Å². The van der Waals surface area contributed by atoms with Crippen LogP contribution in [0.25, 0.3) is 11.0 Å². The Kier molecular flexibility index (Phi) is 5.62. The highest BCUT2D eigenvalue weighted by Crippen LogP contribution is 2.23. The first-order chi connectivity index (χ1) is 12.9. The average Bonchev–Trinajstić information content (AvgIpc) is 2.95. The van der Waals surface area contributed by atoms with Crippen LogP contribution < -0.4 is 10.6 Å². The first kappa shape index (κ1) is 19.1. The molecule has 0 atom stereocenters. The largest absolute Gasteiger partial charge is 0.343 e. The van der Waals surface area contributed by atoms with Gasteiger partial charge in [-0.3, -0.25) is 14.9 Å². The van der Waals surface area contributed by atoms with E-state index in [9.17, 15) is 14.0 Å². The Morgan fingerprint density at radius 3 is 2.70 bits per heavy atom. The molecule has 0 bridgehead atoms. The molecule has 27 heavy (non-hydrogen) atoms. The topological polar surface area (TPSA) is 76.0 Å². The number of fused-ring (bicyclic) bond motifs is 1. The highest BCUT2D eigenvalue weighted by atomic mass is 35.5. The second-order valence-electron chi connectivity index (χ2n) is 5.64. The van der Waals surface area contributed by atoms with E-state index in [-0.39, 0.29) is 17.1 Å². The fraction of sp³-hybridized carbons (Fsp3) is 0.167. The van der Waals surface area contributed by atoms with Gasteiger partial charge in [0.15, 0.2) is 0 Å². The van der Waals surface area contributed by atoms with Gasteiger partial charge >= 0.3 is 0 Å². The Bertz CT molecular complexity index is 1020. The van der Waals surface area contributed by atoms with Gasteiger partial charge in [-0.05, 0) is 37.3 Å².